The molecule has 2 aromatic carbocycles. The number of carbonyl (C=O) groups is 1. The van der Waals surface area contributed by atoms with Gasteiger partial charge in [-0.1, -0.05) is 36.4 Å². The number of anilines is 1. The first-order valence-electron chi connectivity index (χ1n) is 10.3. The van der Waals surface area contributed by atoms with Crippen molar-refractivity contribution in [3.05, 3.63) is 83.8 Å². The van der Waals surface area contributed by atoms with E-state index in [4.69, 9.17) is 0 Å². The molecule has 0 aliphatic carbocycles. The second-order valence-electron chi connectivity index (χ2n) is 7.44. The number of carbonyl (C=O) groups excluding carboxylic acids is 1. The SMILES string of the molecule is O=C(c1ccc(/C=C/c2n[nH]c3ccccc23)cc1)N1CCN(c2ncccn2)CC1. The molecule has 2 aromatic heterocycles. The van der Waals surface area contributed by atoms with Crippen LogP contribution in [-0.4, -0.2) is 57.2 Å². The molecule has 1 fully saturated rings. The highest BCUT2D eigenvalue weighted by molar-refractivity contribution is 5.95. The highest BCUT2D eigenvalue weighted by Gasteiger charge is 2.23. The van der Waals surface area contributed by atoms with Gasteiger partial charge in [0.2, 0.25) is 5.95 Å². The molecule has 1 aliphatic rings. The van der Waals surface area contributed by atoms with E-state index in [0.717, 1.165) is 41.2 Å². The van der Waals surface area contributed by atoms with Crippen LogP contribution in [0.1, 0.15) is 21.6 Å². The maximum absolute atomic E-state index is 12.9. The zero-order valence-corrected chi connectivity index (χ0v) is 17.0. The van der Waals surface area contributed by atoms with Gasteiger partial charge in [-0.3, -0.25) is 9.89 Å². The third kappa shape index (κ3) is 4.02. The van der Waals surface area contributed by atoms with Crippen molar-refractivity contribution in [3.8, 4) is 0 Å². The second kappa shape index (κ2) is 8.39. The Kier molecular flexibility index (Phi) is 5.14. The van der Waals surface area contributed by atoms with E-state index in [0.29, 0.717) is 18.7 Å². The topological polar surface area (TPSA) is 78.0 Å². The van der Waals surface area contributed by atoms with Gasteiger partial charge in [0.25, 0.3) is 5.91 Å². The summed E-state index contributed by atoms with van der Waals surface area (Å²) in [5.74, 6) is 0.776. The van der Waals surface area contributed by atoms with Crippen molar-refractivity contribution in [3.63, 3.8) is 0 Å². The minimum absolute atomic E-state index is 0.0578. The second-order valence-corrected chi connectivity index (χ2v) is 7.44. The maximum atomic E-state index is 12.9. The van der Waals surface area contributed by atoms with E-state index in [2.05, 4.69) is 25.1 Å². The number of hydrogen-bond acceptors (Lipinski definition) is 5. The molecule has 7 nitrogen and oxygen atoms in total. The fourth-order valence-corrected chi connectivity index (χ4v) is 3.77. The third-order valence-electron chi connectivity index (χ3n) is 5.49. The van der Waals surface area contributed by atoms with Crippen LogP contribution < -0.4 is 4.90 Å². The number of amides is 1. The molecule has 31 heavy (non-hydrogen) atoms. The molecule has 1 amide bonds. The number of nitrogens with one attached hydrogen (secondary N) is 1. The summed E-state index contributed by atoms with van der Waals surface area (Å²) < 4.78 is 0. The molecule has 3 heterocycles. The van der Waals surface area contributed by atoms with E-state index in [1.54, 1.807) is 18.5 Å². The van der Waals surface area contributed by atoms with Crippen LogP contribution in [0.2, 0.25) is 0 Å². The van der Waals surface area contributed by atoms with E-state index in [1.165, 1.54) is 0 Å². The molecule has 5 rings (SSSR count). The standard InChI is InChI=1S/C24H22N6O/c31-23(29-14-16-30(17-15-29)24-25-12-3-13-26-24)19-9-6-18(7-10-19)8-11-22-20-4-1-2-5-21(20)27-28-22/h1-13H,14-17H2,(H,27,28)/b11-8+. The van der Waals surface area contributed by atoms with Gasteiger partial charge in [-0.2, -0.15) is 5.10 Å². The highest BCUT2D eigenvalue weighted by atomic mass is 16.2. The van der Waals surface area contributed by atoms with E-state index in [9.17, 15) is 4.79 Å². The van der Waals surface area contributed by atoms with Crippen LogP contribution in [0.3, 0.4) is 0 Å². The van der Waals surface area contributed by atoms with Gasteiger partial charge in [-0.25, -0.2) is 9.97 Å². The van der Waals surface area contributed by atoms with Crippen molar-refractivity contribution in [2.75, 3.05) is 31.1 Å². The predicted molar refractivity (Wildman–Crippen MR) is 122 cm³/mol. The molecule has 154 valence electrons. The van der Waals surface area contributed by atoms with Crippen LogP contribution >= 0.6 is 0 Å². The molecule has 4 aromatic rings. The monoisotopic (exact) mass is 410 g/mol. The maximum Gasteiger partial charge on any atom is 0.253 e. The molecule has 1 aliphatic heterocycles. The van der Waals surface area contributed by atoms with Gasteiger partial charge >= 0.3 is 0 Å². The average molecular weight is 410 g/mol. The number of aromatic amines is 1. The number of H-pyrrole nitrogens is 1. The van der Waals surface area contributed by atoms with Crippen LogP contribution in [0.25, 0.3) is 23.1 Å². The number of fused-ring (bicyclic) bond motifs is 1. The average Bonchev–Trinajstić information content (AvgIpc) is 3.26. The summed E-state index contributed by atoms with van der Waals surface area (Å²) in [6, 6.07) is 17.5. The molecule has 0 atom stereocenters. The van der Waals surface area contributed by atoms with Gasteiger partial charge in [-0.05, 0) is 35.9 Å². The summed E-state index contributed by atoms with van der Waals surface area (Å²) in [5, 5.41) is 8.48. The minimum Gasteiger partial charge on any atom is -0.337 e. The Hall–Kier alpha value is -4.00. The Balaban J connectivity index is 1.22. The molecule has 7 heteroatoms. The van der Waals surface area contributed by atoms with Crippen molar-refractivity contribution >= 4 is 34.9 Å². The van der Waals surface area contributed by atoms with E-state index in [1.807, 2.05) is 65.6 Å². The number of rotatable bonds is 4. The normalized spacial score (nSPS) is 14.5. The Morgan fingerprint density at radius 3 is 2.39 bits per heavy atom. The number of aromatic nitrogens is 4. The van der Waals surface area contributed by atoms with Crippen molar-refractivity contribution in [1.29, 1.82) is 0 Å². The Bertz CT molecular complexity index is 1210. The van der Waals surface area contributed by atoms with Crippen molar-refractivity contribution < 1.29 is 4.79 Å². The van der Waals surface area contributed by atoms with Gasteiger partial charge < -0.3 is 9.80 Å². The highest BCUT2D eigenvalue weighted by Crippen LogP contribution is 2.18. The van der Waals surface area contributed by atoms with E-state index < -0.39 is 0 Å². The molecular weight excluding hydrogens is 388 g/mol. The fraction of sp³-hybridized carbons (Fsp3) is 0.167. The molecule has 1 saturated heterocycles. The van der Waals surface area contributed by atoms with E-state index >= 15 is 0 Å². The zero-order chi connectivity index (χ0) is 21.0. The lowest BCUT2D eigenvalue weighted by Crippen LogP contribution is -2.49. The van der Waals surface area contributed by atoms with Crippen LogP contribution in [0, 0.1) is 0 Å². The lowest BCUT2D eigenvalue weighted by atomic mass is 10.1. The summed E-state index contributed by atoms with van der Waals surface area (Å²) in [6.07, 6.45) is 7.48. The van der Waals surface area contributed by atoms with Crippen LogP contribution in [-0.2, 0) is 0 Å². The van der Waals surface area contributed by atoms with Gasteiger partial charge in [0.1, 0.15) is 0 Å². The number of nitrogens with zero attached hydrogens (tertiary/aromatic N) is 5. The zero-order valence-electron chi connectivity index (χ0n) is 17.0. The number of para-hydroxylation sites is 1. The molecule has 0 bridgehead atoms. The van der Waals surface area contributed by atoms with Gasteiger partial charge in [0, 0.05) is 49.5 Å². The quantitative estimate of drug-likeness (QED) is 0.557. The summed E-state index contributed by atoms with van der Waals surface area (Å²) in [6.45, 7) is 2.78. The Morgan fingerprint density at radius 1 is 0.871 bits per heavy atom. The minimum atomic E-state index is 0.0578. The molecule has 0 unspecified atom stereocenters. The van der Waals surface area contributed by atoms with Crippen LogP contribution in [0.15, 0.2) is 67.0 Å². The number of benzene rings is 2. The summed E-state index contributed by atoms with van der Waals surface area (Å²) in [5.41, 5.74) is 3.64. The van der Waals surface area contributed by atoms with Crippen LogP contribution in [0.4, 0.5) is 5.95 Å². The lowest BCUT2D eigenvalue weighted by molar-refractivity contribution is 0.0746. The Morgan fingerprint density at radius 2 is 1.61 bits per heavy atom. The van der Waals surface area contributed by atoms with Crippen molar-refractivity contribution in [2.24, 2.45) is 0 Å². The van der Waals surface area contributed by atoms with Crippen molar-refractivity contribution in [2.45, 2.75) is 0 Å². The van der Waals surface area contributed by atoms with Gasteiger partial charge in [0.15, 0.2) is 0 Å². The molecule has 1 N–H and O–H groups in total. The summed E-state index contributed by atoms with van der Waals surface area (Å²) in [7, 11) is 0. The Labute approximate surface area is 180 Å². The largest absolute Gasteiger partial charge is 0.337 e. The smallest absolute Gasteiger partial charge is 0.253 e. The fourth-order valence-electron chi connectivity index (χ4n) is 3.77. The molecule has 0 radical (unpaired) electrons. The van der Waals surface area contributed by atoms with Crippen molar-refractivity contribution in [1.82, 2.24) is 25.1 Å². The summed E-state index contributed by atoms with van der Waals surface area (Å²) >= 11 is 0. The molecular formula is C24H22N6O. The van der Waals surface area contributed by atoms with Crippen LogP contribution in [0.5, 0.6) is 0 Å². The molecule has 0 spiro atoms. The number of piperazine rings is 1. The third-order valence-corrected chi connectivity index (χ3v) is 5.49. The first-order valence-corrected chi connectivity index (χ1v) is 10.3. The first-order chi connectivity index (χ1) is 15.3. The van der Waals surface area contributed by atoms with Gasteiger partial charge in [-0.15, -0.1) is 0 Å². The predicted octanol–water partition coefficient (Wildman–Crippen LogP) is 3.49. The molecule has 0 saturated carbocycles. The summed E-state index contributed by atoms with van der Waals surface area (Å²) in [4.78, 5) is 25.5. The number of hydrogen-bond donors (Lipinski definition) is 1. The van der Waals surface area contributed by atoms with Gasteiger partial charge in [0.05, 0.1) is 11.2 Å². The lowest BCUT2D eigenvalue weighted by Gasteiger charge is -2.34. The van der Waals surface area contributed by atoms with E-state index in [-0.39, 0.29) is 5.91 Å². The first kappa shape index (κ1) is 19.0.